The summed E-state index contributed by atoms with van der Waals surface area (Å²) in [6.07, 6.45) is 47.8. The number of fused-ring (bicyclic) bond motifs is 5. The number of hydrogen-bond donors (Lipinski definition) is 1. The molecule has 68 heavy (non-hydrogen) atoms. The van der Waals surface area contributed by atoms with E-state index in [9.17, 15) is 14.4 Å². The second-order valence-electron chi connectivity index (χ2n) is 23.0. The molecule has 386 valence electrons. The standard InChI is InChI=1S/C61H102N2O5/c1-9-10-11-12-13-14-15-16-17-18-19-20-21-22-28-46-67-57(64)33-26-27-44-62-59(66)50(41-45-63(7)8)32-24-23-25-34-58(65)68-52-39-42-60(5)51(47-52)35-36-53-55-38-37-54(49(4)31-29-30-48(2)3)61(55,6)43-40-56(53)60/h10-11,13-14,16-17,19-20,35,48-50,52-56H,9,12,15,18,21-34,36-47H2,1-8H3,(H,62,66)/b11-10+,14-13+,17-16+,20-19+. The molecule has 0 heterocycles. The van der Waals surface area contributed by atoms with Crippen LogP contribution in [-0.4, -0.2) is 62.6 Å². The Balaban J connectivity index is 1.05. The summed E-state index contributed by atoms with van der Waals surface area (Å²) in [6, 6.07) is 0. The number of rotatable bonds is 33. The lowest BCUT2D eigenvalue weighted by atomic mass is 9.47. The van der Waals surface area contributed by atoms with Gasteiger partial charge < -0.3 is 19.7 Å². The molecule has 3 fully saturated rings. The van der Waals surface area contributed by atoms with Crippen molar-refractivity contribution in [3.63, 3.8) is 0 Å². The highest BCUT2D eigenvalue weighted by Gasteiger charge is 2.59. The minimum Gasteiger partial charge on any atom is -0.466 e. The maximum absolute atomic E-state index is 13.3. The van der Waals surface area contributed by atoms with Crippen LogP contribution in [0.15, 0.2) is 60.3 Å². The maximum atomic E-state index is 13.3. The zero-order valence-corrected chi connectivity index (χ0v) is 45.0. The fourth-order valence-electron chi connectivity index (χ4n) is 13.1. The molecule has 4 aliphatic carbocycles. The van der Waals surface area contributed by atoms with E-state index in [1.807, 2.05) is 14.1 Å². The first-order chi connectivity index (χ1) is 32.8. The van der Waals surface area contributed by atoms with Gasteiger partial charge in [0.1, 0.15) is 6.10 Å². The first-order valence-electron chi connectivity index (χ1n) is 28.3. The Morgan fingerprint density at radius 3 is 2.16 bits per heavy atom. The van der Waals surface area contributed by atoms with Crippen molar-refractivity contribution >= 4 is 17.8 Å². The first-order valence-corrected chi connectivity index (χ1v) is 28.3. The van der Waals surface area contributed by atoms with Crippen LogP contribution in [0.1, 0.15) is 215 Å². The molecule has 0 aromatic rings. The van der Waals surface area contributed by atoms with E-state index in [1.54, 1.807) is 5.57 Å². The number of nitrogens with one attached hydrogen (secondary N) is 1. The number of unbranched alkanes of at least 4 members (excludes halogenated alkanes) is 5. The van der Waals surface area contributed by atoms with Gasteiger partial charge in [-0.25, -0.2) is 0 Å². The fraction of sp³-hybridized carbons (Fsp3) is 0.787. The van der Waals surface area contributed by atoms with Gasteiger partial charge in [0.2, 0.25) is 5.91 Å². The summed E-state index contributed by atoms with van der Waals surface area (Å²) in [5, 5.41) is 3.15. The van der Waals surface area contributed by atoms with Gasteiger partial charge in [0.05, 0.1) is 6.61 Å². The zero-order valence-electron chi connectivity index (χ0n) is 45.0. The van der Waals surface area contributed by atoms with Crippen molar-refractivity contribution in [3.8, 4) is 0 Å². The van der Waals surface area contributed by atoms with Crippen LogP contribution < -0.4 is 5.32 Å². The predicted octanol–water partition coefficient (Wildman–Crippen LogP) is 15.3. The summed E-state index contributed by atoms with van der Waals surface area (Å²) in [5.41, 5.74) is 2.35. The molecule has 4 aliphatic rings. The summed E-state index contributed by atoms with van der Waals surface area (Å²) in [4.78, 5) is 40.8. The molecule has 0 aromatic carbocycles. The summed E-state index contributed by atoms with van der Waals surface area (Å²) in [6.45, 7) is 16.6. The normalized spacial score (nSPS) is 26.9. The Hall–Kier alpha value is -2.93. The highest BCUT2D eigenvalue weighted by Crippen LogP contribution is 2.67. The summed E-state index contributed by atoms with van der Waals surface area (Å²) in [5.74, 6) is 4.85. The number of esters is 2. The van der Waals surface area contributed by atoms with Gasteiger partial charge in [0, 0.05) is 31.7 Å². The van der Waals surface area contributed by atoms with Crippen molar-refractivity contribution in [1.29, 1.82) is 0 Å². The van der Waals surface area contributed by atoms with Gasteiger partial charge >= 0.3 is 11.9 Å². The minimum atomic E-state index is -0.150. The number of allylic oxidation sites excluding steroid dienone is 9. The Morgan fingerprint density at radius 1 is 0.735 bits per heavy atom. The molecule has 0 bridgehead atoms. The molecule has 1 amide bonds. The van der Waals surface area contributed by atoms with Crippen LogP contribution in [0.5, 0.6) is 0 Å². The van der Waals surface area contributed by atoms with Crippen molar-refractivity contribution in [1.82, 2.24) is 10.2 Å². The Kier molecular flexibility index (Phi) is 26.6. The third-order valence-electron chi connectivity index (χ3n) is 17.1. The number of nitrogens with zero attached hydrogens (tertiary/aromatic N) is 1. The highest BCUT2D eigenvalue weighted by atomic mass is 16.5. The summed E-state index contributed by atoms with van der Waals surface area (Å²) >= 11 is 0. The maximum Gasteiger partial charge on any atom is 0.306 e. The van der Waals surface area contributed by atoms with E-state index in [-0.39, 0.29) is 35.3 Å². The van der Waals surface area contributed by atoms with Crippen molar-refractivity contribution in [2.75, 3.05) is 33.8 Å². The first kappa shape index (κ1) is 57.6. The van der Waals surface area contributed by atoms with Gasteiger partial charge in [-0.1, -0.05) is 134 Å². The molecular formula is C61H102N2O5. The van der Waals surface area contributed by atoms with E-state index in [0.29, 0.717) is 37.8 Å². The molecule has 7 heteroatoms. The predicted molar refractivity (Wildman–Crippen MR) is 285 cm³/mol. The molecular weight excluding hydrogens is 841 g/mol. The van der Waals surface area contributed by atoms with E-state index in [1.165, 1.54) is 51.4 Å². The number of ether oxygens (including phenoxy) is 2. The molecule has 1 N–H and O–H groups in total. The molecule has 0 spiro atoms. The Bertz CT molecular complexity index is 1620. The second-order valence-corrected chi connectivity index (χ2v) is 23.0. The molecule has 4 rings (SSSR count). The van der Waals surface area contributed by atoms with Crippen molar-refractivity contribution in [2.24, 2.45) is 52.3 Å². The van der Waals surface area contributed by atoms with E-state index >= 15 is 0 Å². The smallest absolute Gasteiger partial charge is 0.306 e. The Morgan fingerprint density at radius 2 is 1.44 bits per heavy atom. The fourth-order valence-corrected chi connectivity index (χ4v) is 13.1. The molecule has 0 aromatic heterocycles. The number of carbonyl (C=O) groups excluding carboxylic acids is 3. The monoisotopic (exact) mass is 943 g/mol. The minimum absolute atomic E-state index is 0.0111. The lowest BCUT2D eigenvalue weighted by Crippen LogP contribution is -2.51. The summed E-state index contributed by atoms with van der Waals surface area (Å²) < 4.78 is 11.6. The quantitative estimate of drug-likeness (QED) is 0.0401. The second kappa shape index (κ2) is 31.4. The molecule has 0 saturated heterocycles. The lowest BCUT2D eigenvalue weighted by Gasteiger charge is -2.58. The van der Waals surface area contributed by atoms with E-state index < -0.39 is 0 Å². The van der Waals surface area contributed by atoms with Gasteiger partial charge in [-0.3, -0.25) is 14.4 Å². The third-order valence-corrected chi connectivity index (χ3v) is 17.1. The van der Waals surface area contributed by atoms with Gasteiger partial charge in [0.25, 0.3) is 0 Å². The molecule has 9 atom stereocenters. The van der Waals surface area contributed by atoms with E-state index in [0.717, 1.165) is 145 Å². The van der Waals surface area contributed by atoms with Gasteiger partial charge in [-0.05, 0) is 189 Å². The van der Waals surface area contributed by atoms with Crippen LogP contribution in [0, 0.1) is 52.3 Å². The van der Waals surface area contributed by atoms with Crippen LogP contribution >= 0.6 is 0 Å². The topological polar surface area (TPSA) is 84.9 Å². The van der Waals surface area contributed by atoms with Crippen molar-refractivity contribution in [2.45, 2.75) is 221 Å². The SMILES string of the molecule is CC/C=C/C/C=C/C/C=C/C/C=C/CCCCOC(=O)CCCCNC(=O)C(CCCCCC(=O)OC1CCC2(C)C(=CCC3C2CCC2(C)C(C(C)CCCC(C)C)CCC32)C1)CCN(C)C. The van der Waals surface area contributed by atoms with Crippen LogP contribution in [0.3, 0.4) is 0 Å². The van der Waals surface area contributed by atoms with Crippen LogP contribution in [-0.2, 0) is 23.9 Å². The zero-order chi connectivity index (χ0) is 49.2. The lowest BCUT2D eigenvalue weighted by molar-refractivity contribution is -0.151. The van der Waals surface area contributed by atoms with Gasteiger partial charge in [0.15, 0.2) is 0 Å². The summed E-state index contributed by atoms with van der Waals surface area (Å²) in [7, 11) is 4.09. The van der Waals surface area contributed by atoms with E-state index in [2.05, 4.69) is 106 Å². The Labute approximate surface area is 417 Å². The van der Waals surface area contributed by atoms with Crippen LogP contribution in [0.25, 0.3) is 0 Å². The average Bonchev–Trinajstić information content (AvgIpc) is 3.66. The van der Waals surface area contributed by atoms with E-state index in [4.69, 9.17) is 9.47 Å². The number of hydrogen-bond acceptors (Lipinski definition) is 6. The number of amides is 1. The largest absolute Gasteiger partial charge is 0.466 e. The highest BCUT2D eigenvalue weighted by molar-refractivity contribution is 5.78. The van der Waals surface area contributed by atoms with Crippen LogP contribution in [0.4, 0.5) is 0 Å². The average molecular weight is 943 g/mol. The molecule has 9 unspecified atom stereocenters. The molecule has 7 nitrogen and oxygen atoms in total. The third kappa shape index (κ3) is 19.3. The molecule has 3 saturated carbocycles. The molecule has 0 aliphatic heterocycles. The van der Waals surface area contributed by atoms with Crippen molar-refractivity contribution < 1.29 is 23.9 Å². The number of carbonyl (C=O) groups is 3. The molecule has 0 radical (unpaired) electrons. The van der Waals surface area contributed by atoms with Gasteiger partial charge in [-0.15, -0.1) is 0 Å². The van der Waals surface area contributed by atoms with Crippen molar-refractivity contribution in [3.05, 3.63) is 60.3 Å². The van der Waals surface area contributed by atoms with Crippen LogP contribution in [0.2, 0.25) is 0 Å². The van der Waals surface area contributed by atoms with Gasteiger partial charge in [-0.2, -0.15) is 0 Å².